The lowest BCUT2D eigenvalue weighted by atomic mass is 9.94. The highest BCUT2D eigenvalue weighted by molar-refractivity contribution is 7.91. The first kappa shape index (κ1) is 17.4. The summed E-state index contributed by atoms with van der Waals surface area (Å²) in [6.07, 6.45) is 0. The Morgan fingerprint density at radius 1 is 1.14 bits per heavy atom. The quantitative estimate of drug-likeness (QED) is 0.817. The van der Waals surface area contributed by atoms with E-state index in [0.717, 1.165) is 5.01 Å². The van der Waals surface area contributed by atoms with Crippen molar-refractivity contribution in [2.24, 2.45) is 5.41 Å². The van der Waals surface area contributed by atoms with E-state index < -0.39 is 15.4 Å². The molecule has 1 aromatic rings. The number of thiazole rings is 1. The maximum absolute atomic E-state index is 12.7. The Morgan fingerprint density at radius 2 is 1.68 bits per heavy atom. The van der Waals surface area contributed by atoms with Crippen molar-refractivity contribution in [1.29, 1.82) is 0 Å². The summed E-state index contributed by atoms with van der Waals surface area (Å²) in [5.41, 5.74) is 0.113. The van der Waals surface area contributed by atoms with Crippen LogP contribution < -0.4 is 0 Å². The molecule has 1 saturated heterocycles. The number of hydrogen-bond donors (Lipinski definition) is 0. The third kappa shape index (κ3) is 3.33. The first-order valence-corrected chi connectivity index (χ1v) is 9.52. The van der Waals surface area contributed by atoms with Crippen molar-refractivity contribution in [3.63, 3.8) is 0 Å². The molecule has 0 N–H and O–H groups in total. The average Bonchev–Trinajstić information content (AvgIpc) is 2.76. The highest BCUT2D eigenvalue weighted by atomic mass is 32.2. The molecule has 0 saturated carbocycles. The van der Waals surface area contributed by atoms with E-state index in [1.807, 2.05) is 20.8 Å². The number of sulfonamides is 1. The van der Waals surface area contributed by atoms with Gasteiger partial charge in [0, 0.05) is 31.6 Å². The number of carbonyl (C=O) groups excluding carboxylic acids is 1. The summed E-state index contributed by atoms with van der Waals surface area (Å²) < 4.78 is 27.2. The van der Waals surface area contributed by atoms with Gasteiger partial charge in [-0.15, -0.1) is 11.3 Å². The lowest BCUT2D eigenvalue weighted by Gasteiger charge is -2.36. The van der Waals surface area contributed by atoms with Crippen molar-refractivity contribution in [3.05, 3.63) is 10.7 Å². The monoisotopic (exact) mass is 345 g/mol. The van der Waals surface area contributed by atoms with Gasteiger partial charge in [-0.2, -0.15) is 4.31 Å². The van der Waals surface area contributed by atoms with Crippen LogP contribution in [0.1, 0.15) is 31.5 Å². The molecule has 2 heterocycles. The van der Waals surface area contributed by atoms with Crippen LogP contribution in [-0.2, 0) is 14.8 Å². The van der Waals surface area contributed by atoms with Crippen LogP contribution in [0.15, 0.2) is 4.21 Å². The number of rotatable bonds is 2. The van der Waals surface area contributed by atoms with Crippen LogP contribution in [0.4, 0.5) is 0 Å². The van der Waals surface area contributed by atoms with E-state index in [1.54, 1.807) is 18.7 Å². The fourth-order valence-electron chi connectivity index (χ4n) is 2.48. The first-order chi connectivity index (χ1) is 10.0. The van der Waals surface area contributed by atoms with Crippen LogP contribution in [0.25, 0.3) is 0 Å². The molecular formula is C14H23N3O3S2. The summed E-state index contributed by atoms with van der Waals surface area (Å²) in [5, 5.41) is 0.748. The maximum atomic E-state index is 12.7. The molecule has 0 unspecified atom stereocenters. The minimum Gasteiger partial charge on any atom is -0.340 e. The number of aryl methyl sites for hydroxylation is 2. The van der Waals surface area contributed by atoms with E-state index in [2.05, 4.69) is 4.98 Å². The number of piperazine rings is 1. The summed E-state index contributed by atoms with van der Waals surface area (Å²) in [5.74, 6) is 0.0642. The first-order valence-electron chi connectivity index (χ1n) is 7.27. The highest BCUT2D eigenvalue weighted by Gasteiger charge is 2.35. The molecule has 1 aliphatic heterocycles. The molecule has 1 fully saturated rings. The van der Waals surface area contributed by atoms with E-state index in [9.17, 15) is 13.2 Å². The molecule has 0 atom stereocenters. The van der Waals surface area contributed by atoms with Crippen molar-refractivity contribution in [3.8, 4) is 0 Å². The number of carbonyl (C=O) groups is 1. The van der Waals surface area contributed by atoms with Crippen molar-refractivity contribution in [2.75, 3.05) is 26.2 Å². The standard InChI is InChI=1S/C14H23N3O3S2/c1-10-12(21-11(2)15-10)22(19,20)17-8-6-16(7-9-17)13(18)14(3,4)5/h6-9H2,1-5H3. The van der Waals surface area contributed by atoms with Crippen LogP contribution in [0, 0.1) is 19.3 Å². The molecule has 22 heavy (non-hydrogen) atoms. The molecule has 124 valence electrons. The molecule has 2 rings (SSSR count). The van der Waals surface area contributed by atoms with Crippen molar-refractivity contribution in [2.45, 2.75) is 38.8 Å². The Kier molecular flexibility index (Phi) is 4.66. The van der Waals surface area contributed by atoms with Gasteiger partial charge < -0.3 is 4.90 Å². The van der Waals surface area contributed by atoms with Gasteiger partial charge in [0.25, 0.3) is 10.0 Å². The second-order valence-electron chi connectivity index (χ2n) is 6.55. The van der Waals surface area contributed by atoms with E-state index in [0.29, 0.717) is 36.1 Å². The Balaban J connectivity index is 2.12. The van der Waals surface area contributed by atoms with Crippen molar-refractivity contribution in [1.82, 2.24) is 14.2 Å². The molecule has 0 radical (unpaired) electrons. The lowest BCUT2D eigenvalue weighted by molar-refractivity contribution is -0.140. The molecule has 8 heteroatoms. The Labute approximate surface area is 136 Å². The van der Waals surface area contributed by atoms with E-state index in [4.69, 9.17) is 0 Å². The summed E-state index contributed by atoms with van der Waals surface area (Å²) in [6, 6.07) is 0. The van der Waals surface area contributed by atoms with Crippen LogP contribution in [0.2, 0.25) is 0 Å². The van der Waals surface area contributed by atoms with E-state index >= 15 is 0 Å². The van der Waals surface area contributed by atoms with Crippen molar-refractivity contribution < 1.29 is 13.2 Å². The second kappa shape index (κ2) is 5.90. The van der Waals surface area contributed by atoms with Crippen LogP contribution >= 0.6 is 11.3 Å². The topological polar surface area (TPSA) is 70.6 Å². The van der Waals surface area contributed by atoms with Crippen LogP contribution in [0.3, 0.4) is 0 Å². The van der Waals surface area contributed by atoms with Gasteiger partial charge in [-0.1, -0.05) is 20.8 Å². The minimum absolute atomic E-state index is 0.0642. The minimum atomic E-state index is -3.51. The summed E-state index contributed by atoms with van der Waals surface area (Å²) in [7, 11) is -3.51. The molecular weight excluding hydrogens is 322 g/mol. The number of aromatic nitrogens is 1. The molecule has 6 nitrogen and oxygen atoms in total. The zero-order valence-electron chi connectivity index (χ0n) is 13.7. The molecule has 0 spiro atoms. The SMILES string of the molecule is Cc1nc(C)c(S(=O)(=O)N2CCN(C(=O)C(C)(C)C)CC2)s1. The summed E-state index contributed by atoms with van der Waals surface area (Å²) in [4.78, 5) is 18.2. The average molecular weight is 345 g/mol. The maximum Gasteiger partial charge on any atom is 0.254 e. The second-order valence-corrected chi connectivity index (χ2v) is 9.89. The number of amides is 1. The zero-order valence-corrected chi connectivity index (χ0v) is 15.3. The predicted octanol–water partition coefficient (Wildman–Crippen LogP) is 1.64. The molecule has 1 aliphatic rings. The van der Waals surface area contributed by atoms with Gasteiger partial charge in [0.2, 0.25) is 5.91 Å². The van der Waals surface area contributed by atoms with Gasteiger partial charge >= 0.3 is 0 Å². The molecule has 0 aliphatic carbocycles. The van der Waals surface area contributed by atoms with Crippen LogP contribution in [-0.4, -0.2) is 54.7 Å². The Hall–Kier alpha value is -0.990. The zero-order chi connectivity index (χ0) is 16.7. The fraction of sp³-hybridized carbons (Fsp3) is 0.714. The van der Waals surface area contributed by atoms with Gasteiger partial charge in [0.1, 0.15) is 0 Å². The van der Waals surface area contributed by atoms with Crippen molar-refractivity contribution >= 4 is 27.3 Å². The molecule has 1 amide bonds. The molecule has 0 aromatic carbocycles. The predicted molar refractivity (Wildman–Crippen MR) is 86.4 cm³/mol. The number of nitrogens with zero attached hydrogens (tertiary/aromatic N) is 3. The van der Waals surface area contributed by atoms with Gasteiger partial charge in [-0.3, -0.25) is 4.79 Å². The third-order valence-corrected chi connectivity index (χ3v) is 7.16. The fourth-order valence-corrected chi connectivity index (χ4v) is 5.52. The Bertz CT molecular complexity index is 666. The molecule has 1 aromatic heterocycles. The highest BCUT2D eigenvalue weighted by Crippen LogP contribution is 2.27. The van der Waals surface area contributed by atoms with Crippen LogP contribution in [0.5, 0.6) is 0 Å². The Morgan fingerprint density at radius 3 is 2.09 bits per heavy atom. The lowest BCUT2D eigenvalue weighted by Crippen LogP contribution is -2.52. The van der Waals surface area contributed by atoms with E-state index in [-0.39, 0.29) is 5.91 Å². The normalized spacial score (nSPS) is 17.8. The largest absolute Gasteiger partial charge is 0.340 e. The summed E-state index contributed by atoms with van der Waals surface area (Å²) >= 11 is 1.21. The van der Waals surface area contributed by atoms with Gasteiger partial charge in [0.05, 0.1) is 10.7 Å². The third-order valence-electron chi connectivity index (χ3n) is 3.60. The number of hydrogen-bond acceptors (Lipinski definition) is 5. The van der Waals surface area contributed by atoms with Gasteiger partial charge in [-0.05, 0) is 13.8 Å². The van der Waals surface area contributed by atoms with Gasteiger partial charge in [-0.25, -0.2) is 13.4 Å². The molecule has 0 bridgehead atoms. The van der Waals surface area contributed by atoms with Gasteiger partial charge in [0.15, 0.2) is 4.21 Å². The van der Waals surface area contributed by atoms with E-state index in [1.165, 1.54) is 15.6 Å². The smallest absolute Gasteiger partial charge is 0.254 e. The summed E-state index contributed by atoms with van der Waals surface area (Å²) in [6.45, 7) is 10.7.